The Bertz CT molecular complexity index is 1270. The van der Waals surface area contributed by atoms with Gasteiger partial charge in [-0.15, -0.1) is 5.10 Å². The number of hydrogen-bond acceptors (Lipinski definition) is 7. The van der Waals surface area contributed by atoms with E-state index < -0.39 is 22.0 Å². The van der Waals surface area contributed by atoms with E-state index in [0.717, 1.165) is 4.31 Å². The quantitative estimate of drug-likeness (QED) is 0.598. The van der Waals surface area contributed by atoms with Crippen molar-refractivity contribution in [1.29, 1.82) is 0 Å². The van der Waals surface area contributed by atoms with Gasteiger partial charge in [0.25, 0.3) is 10.0 Å². The van der Waals surface area contributed by atoms with Crippen molar-refractivity contribution in [3.05, 3.63) is 59.7 Å². The maximum atomic E-state index is 13.1. The Kier molecular flexibility index (Phi) is 4.55. The molecule has 1 atom stereocenters. The van der Waals surface area contributed by atoms with E-state index in [1.165, 1.54) is 19.1 Å². The third kappa shape index (κ3) is 3.04. The summed E-state index contributed by atoms with van der Waals surface area (Å²) in [6.45, 7) is 1.47. The van der Waals surface area contributed by atoms with E-state index in [2.05, 4.69) is 15.7 Å². The fourth-order valence-electron chi connectivity index (χ4n) is 3.26. The molecule has 0 radical (unpaired) electrons. The minimum atomic E-state index is -4.08. The van der Waals surface area contributed by atoms with E-state index in [1.54, 1.807) is 36.4 Å². The van der Waals surface area contributed by atoms with Gasteiger partial charge in [-0.1, -0.05) is 30.3 Å². The van der Waals surface area contributed by atoms with E-state index >= 15 is 0 Å². The number of thiocarbonyl (C=S) groups is 1. The van der Waals surface area contributed by atoms with Crippen LogP contribution < -0.4 is 5.32 Å². The number of carbonyl (C=O) groups is 1. The summed E-state index contributed by atoms with van der Waals surface area (Å²) < 4.78 is 32.2. The summed E-state index contributed by atoms with van der Waals surface area (Å²) in [7, 11) is -4.08. The zero-order chi connectivity index (χ0) is 20.8. The standard InChI is InChI=1S/C18H14N4O5S2/c1-10-14(17(23)24)16(12-8-5-9-13-15(12)20-21-27-13)19-18(28)22(10)29(25,26)11-6-3-2-4-7-11/h2-10H,1H3,(H,19,28)(H,23,24). The summed E-state index contributed by atoms with van der Waals surface area (Å²) in [4.78, 5) is 12.1. The first-order valence-corrected chi connectivity index (χ1v) is 10.3. The van der Waals surface area contributed by atoms with E-state index in [1.807, 2.05) is 0 Å². The largest absolute Gasteiger partial charge is 0.478 e. The zero-order valence-electron chi connectivity index (χ0n) is 14.9. The molecular formula is C18H14N4O5S2. The Labute approximate surface area is 170 Å². The summed E-state index contributed by atoms with van der Waals surface area (Å²) in [5.41, 5.74) is 1.07. The second-order valence-electron chi connectivity index (χ2n) is 6.24. The third-order valence-electron chi connectivity index (χ3n) is 4.55. The number of carboxylic acids is 1. The van der Waals surface area contributed by atoms with E-state index in [4.69, 9.17) is 16.7 Å². The van der Waals surface area contributed by atoms with Crippen LogP contribution in [-0.4, -0.2) is 45.3 Å². The summed E-state index contributed by atoms with van der Waals surface area (Å²) in [6.07, 6.45) is 0. The molecule has 0 aliphatic carbocycles. The molecule has 2 N–H and O–H groups in total. The van der Waals surface area contributed by atoms with E-state index in [0.29, 0.717) is 16.7 Å². The van der Waals surface area contributed by atoms with Crippen molar-refractivity contribution in [2.75, 3.05) is 0 Å². The van der Waals surface area contributed by atoms with Crippen molar-refractivity contribution in [3.8, 4) is 0 Å². The predicted octanol–water partition coefficient (Wildman–Crippen LogP) is 1.99. The number of sulfonamides is 1. The minimum Gasteiger partial charge on any atom is -0.478 e. The van der Waals surface area contributed by atoms with Crippen molar-refractivity contribution >= 4 is 50.1 Å². The molecule has 3 aromatic rings. The number of nitrogens with zero attached hydrogens (tertiary/aromatic N) is 3. The number of rotatable bonds is 4. The van der Waals surface area contributed by atoms with Gasteiger partial charge in [0.1, 0.15) is 5.52 Å². The van der Waals surface area contributed by atoms with Gasteiger partial charge in [-0.2, -0.15) is 0 Å². The van der Waals surface area contributed by atoms with Crippen molar-refractivity contribution in [2.45, 2.75) is 17.9 Å². The smallest absolute Gasteiger partial charge is 0.335 e. The van der Waals surface area contributed by atoms with Crippen LogP contribution >= 0.6 is 12.2 Å². The molecule has 11 heteroatoms. The van der Waals surface area contributed by atoms with Gasteiger partial charge in [0.05, 0.1) is 22.2 Å². The number of fused-ring (bicyclic) bond motifs is 1. The number of aliphatic carboxylic acids is 1. The molecule has 2 aromatic carbocycles. The van der Waals surface area contributed by atoms with Crippen LogP contribution in [-0.2, 0) is 14.8 Å². The lowest BCUT2D eigenvalue weighted by molar-refractivity contribution is -0.133. The van der Waals surface area contributed by atoms with Crippen LogP contribution in [0.2, 0.25) is 0 Å². The highest BCUT2D eigenvalue weighted by Crippen LogP contribution is 2.33. The predicted molar refractivity (Wildman–Crippen MR) is 107 cm³/mol. The molecule has 1 unspecified atom stereocenters. The van der Waals surface area contributed by atoms with Gasteiger partial charge in [0, 0.05) is 10.8 Å². The molecule has 29 heavy (non-hydrogen) atoms. The first kappa shape index (κ1) is 19.0. The number of carboxylic acid groups (broad SMARTS) is 1. The van der Waals surface area contributed by atoms with Crippen molar-refractivity contribution in [1.82, 2.24) is 20.0 Å². The molecule has 0 bridgehead atoms. The molecule has 0 saturated heterocycles. The molecule has 0 spiro atoms. The highest BCUT2D eigenvalue weighted by molar-refractivity contribution is 7.91. The normalized spacial score (nSPS) is 17.5. The second kappa shape index (κ2) is 6.94. The average Bonchev–Trinajstić information content (AvgIpc) is 3.16. The van der Waals surface area contributed by atoms with Crippen LogP contribution in [0.5, 0.6) is 0 Å². The van der Waals surface area contributed by atoms with Gasteiger partial charge in [-0.3, -0.25) is 0 Å². The first-order valence-electron chi connectivity index (χ1n) is 8.41. The third-order valence-corrected chi connectivity index (χ3v) is 6.85. The molecule has 148 valence electrons. The average molecular weight is 430 g/mol. The molecule has 1 aliphatic rings. The molecule has 1 aliphatic heterocycles. The first-order chi connectivity index (χ1) is 13.8. The molecule has 0 saturated carbocycles. The van der Waals surface area contributed by atoms with Gasteiger partial charge in [0.15, 0.2) is 10.7 Å². The molecular weight excluding hydrogens is 416 g/mol. The number of nitrogens with one attached hydrogen (secondary N) is 1. The number of benzene rings is 2. The Morgan fingerprint density at radius 3 is 2.62 bits per heavy atom. The summed E-state index contributed by atoms with van der Waals surface area (Å²) in [5.74, 6) is -1.29. The minimum absolute atomic E-state index is 0.00647. The summed E-state index contributed by atoms with van der Waals surface area (Å²) >= 11 is 5.32. The topological polar surface area (TPSA) is 126 Å². The molecule has 2 heterocycles. The Hall–Kier alpha value is -3.31. The van der Waals surface area contributed by atoms with Gasteiger partial charge in [0.2, 0.25) is 0 Å². The van der Waals surface area contributed by atoms with Gasteiger partial charge in [-0.25, -0.2) is 17.5 Å². The lowest BCUT2D eigenvalue weighted by atomic mass is 9.98. The van der Waals surface area contributed by atoms with Crippen LogP contribution in [0.15, 0.2) is 63.5 Å². The van der Waals surface area contributed by atoms with E-state index in [9.17, 15) is 18.3 Å². The van der Waals surface area contributed by atoms with Crippen molar-refractivity contribution in [2.24, 2.45) is 0 Å². The Morgan fingerprint density at radius 1 is 1.21 bits per heavy atom. The zero-order valence-corrected chi connectivity index (χ0v) is 16.6. The number of hydrogen-bond donors (Lipinski definition) is 2. The van der Waals surface area contributed by atoms with Crippen molar-refractivity contribution < 1.29 is 22.8 Å². The molecule has 0 fully saturated rings. The van der Waals surface area contributed by atoms with Crippen LogP contribution in [0.1, 0.15) is 12.5 Å². The lowest BCUT2D eigenvalue weighted by Crippen LogP contribution is -2.53. The second-order valence-corrected chi connectivity index (χ2v) is 8.44. The maximum absolute atomic E-state index is 13.1. The van der Waals surface area contributed by atoms with Crippen LogP contribution in [0, 0.1) is 0 Å². The highest BCUT2D eigenvalue weighted by Gasteiger charge is 2.41. The molecule has 9 nitrogen and oxygen atoms in total. The molecule has 4 rings (SSSR count). The van der Waals surface area contributed by atoms with Crippen molar-refractivity contribution in [3.63, 3.8) is 0 Å². The molecule has 0 amide bonds. The van der Waals surface area contributed by atoms with Gasteiger partial charge in [-0.05, 0) is 37.3 Å². The van der Waals surface area contributed by atoms with E-state index in [-0.39, 0.29) is 21.3 Å². The van der Waals surface area contributed by atoms with Crippen LogP contribution in [0.25, 0.3) is 16.8 Å². The Balaban J connectivity index is 1.90. The SMILES string of the molecule is CC1C(C(=O)O)=C(c2cccc3onnc23)NC(=S)N1S(=O)(=O)c1ccccc1. The van der Waals surface area contributed by atoms with Crippen LogP contribution in [0.3, 0.4) is 0 Å². The summed E-state index contributed by atoms with van der Waals surface area (Å²) in [6, 6.07) is 11.5. The fourth-order valence-corrected chi connectivity index (χ4v) is 5.33. The van der Waals surface area contributed by atoms with Gasteiger partial charge >= 0.3 is 5.97 Å². The number of aromatic nitrogens is 2. The fraction of sp³-hybridized carbons (Fsp3) is 0.111. The van der Waals surface area contributed by atoms with Gasteiger partial charge < -0.3 is 14.9 Å². The monoisotopic (exact) mass is 430 g/mol. The lowest BCUT2D eigenvalue weighted by Gasteiger charge is -2.36. The maximum Gasteiger partial charge on any atom is 0.335 e. The van der Waals surface area contributed by atoms with Crippen LogP contribution in [0.4, 0.5) is 0 Å². The Morgan fingerprint density at radius 2 is 1.93 bits per heavy atom. The highest BCUT2D eigenvalue weighted by atomic mass is 32.2. The summed E-state index contributed by atoms with van der Waals surface area (Å²) in [5, 5.41) is 19.9. The molecule has 1 aromatic heterocycles.